The highest BCUT2D eigenvalue weighted by Crippen LogP contribution is 2.36. The van der Waals surface area contributed by atoms with Gasteiger partial charge in [0, 0.05) is 19.4 Å². The minimum Gasteiger partial charge on any atom is -0.454 e. The first-order chi connectivity index (χ1) is 12.7. The number of hydrogen-bond donors (Lipinski definition) is 1. The molecule has 7 heteroatoms. The average Bonchev–Trinajstić information content (AvgIpc) is 3.27. The number of amidine groups is 1. The van der Waals surface area contributed by atoms with Crippen molar-refractivity contribution < 1.29 is 14.0 Å². The van der Waals surface area contributed by atoms with Gasteiger partial charge in [-0.15, -0.1) is 0 Å². The van der Waals surface area contributed by atoms with Gasteiger partial charge in [-0.25, -0.2) is 0 Å². The van der Waals surface area contributed by atoms with Crippen molar-refractivity contribution in [2.24, 2.45) is 10.7 Å². The molecule has 0 fully saturated rings. The quantitative estimate of drug-likeness (QED) is 0.420. The number of aromatic nitrogens is 2. The lowest BCUT2D eigenvalue weighted by Gasteiger charge is -2.13. The fraction of sp³-hybridized carbons (Fsp3) is 0.526. The van der Waals surface area contributed by atoms with E-state index in [1.54, 1.807) is 6.92 Å². The van der Waals surface area contributed by atoms with Gasteiger partial charge >= 0.3 is 0 Å². The maximum Gasteiger partial charge on any atom is 0.231 e. The predicted octanol–water partition coefficient (Wildman–Crippen LogP) is 3.23. The highest BCUT2D eigenvalue weighted by Gasteiger charge is 2.19. The molecule has 1 aliphatic heterocycles. The van der Waals surface area contributed by atoms with Gasteiger partial charge in [-0.3, -0.25) is 4.99 Å². The third-order valence-electron chi connectivity index (χ3n) is 4.46. The second-order valence-electron chi connectivity index (χ2n) is 6.51. The van der Waals surface area contributed by atoms with Crippen LogP contribution in [0.25, 0.3) is 0 Å². The number of rotatable bonds is 9. The number of benzene rings is 1. The number of aliphatic imine (C=N–C) groups is 1. The molecule has 3 rings (SSSR count). The van der Waals surface area contributed by atoms with Crippen molar-refractivity contribution in [3.63, 3.8) is 0 Å². The number of fused-ring (bicyclic) bond motifs is 1. The first kappa shape index (κ1) is 18.2. The molecule has 1 atom stereocenters. The van der Waals surface area contributed by atoms with Crippen molar-refractivity contribution in [3.05, 3.63) is 35.5 Å². The van der Waals surface area contributed by atoms with Gasteiger partial charge in [-0.2, -0.15) is 4.98 Å². The summed E-state index contributed by atoms with van der Waals surface area (Å²) in [6, 6.07) is 6.09. The van der Waals surface area contributed by atoms with Crippen LogP contribution in [0.4, 0.5) is 0 Å². The zero-order valence-electron chi connectivity index (χ0n) is 15.4. The van der Waals surface area contributed by atoms with E-state index in [2.05, 4.69) is 28.1 Å². The van der Waals surface area contributed by atoms with Crippen molar-refractivity contribution in [2.75, 3.05) is 13.3 Å². The van der Waals surface area contributed by atoms with Crippen LogP contribution in [0.2, 0.25) is 0 Å². The second-order valence-corrected chi connectivity index (χ2v) is 6.51. The van der Waals surface area contributed by atoms with Crippen LogP contribution in [-0.4, -0.2) is 29.3 Å². The van der Waals surface area contributed by atoms with Crippen LogP contribution >= 0.6 is 0 Å². The Hall–Kier alpha value is -2.57. The lowest BCUT2D eigenvalue weighted by molar-refractivity contribution is 0.174. The number of aryl methyl sites for hydroxylation is 1. The van der Waals surface area contributed by atoms with Crippen molar-refractivity contribution in [3.8, 4) is 11.5 Å². The molecule has 2 aromatic rings. The molecular weight excluding hydrogens is 332 g/mol. The molecule has 0 saturated heterocycles. The van der Waals surface area contributed by atoms with E-state index < -0.39 is 0 Å². The van der Waals surface area contributed by atoms with E-state index in [9.17, 15) is 0 Å². The highest BCUT2D eigenvalue weighted by molar-refractivity contribution is 5.77. The van der Waals surface area contributed by atoms with Gasteiger partial charge in [0.25, 0.3) is 0 Å². The molecule has 0 spiro atoms. The SMILES string of the molecule is CCC(Cc1nc(CCCCN=C(C)N)no1)c1ccc2c(c1)OCO2. The van der Waals surface area contributed by atoms with Crippen LogP contribution in [0, 0.1) is 0 Å². The van der Waals surface area contributed by atoms with E-state index in [-0.39, 0.29) is 0 Å². The fourth-order valence-electron chi connectivity index (χ4n) is 3.00. The van der Waals surface area contributed by atoms with E-state index in [0.717, 1.165) is 56.0 Å². The zero-order valence-corrected chi connectivity index (χ0v) is 15.4. The molecule has 140 valence electrons. The number of ether oxygens (including phenoxy) is 2. The minimum absolute atomic E-state index is 0.290. The summed E-state index contributed by atoms with van der Waals surface area (Å²) in [5.74, 6) is 3.98. The Balaban J connectivity index is 1.54. The molecule has 1 aromatic heterocycles. The summed E-state index contributed by atoms with van der Waals surface area (Å²) in [6.07, 6.45) is 4.43. The van der Waals surface area contributed by atoms with Gasteiger partial charge < -0.3 is 19.7 Å². The minimum atomic E-state index is 0.290. The first-order valence-corrected chi connectivity index (χ1v) is 9.13. The summed E-state index contributed by atoms with van der Waals surface area (Å²) in [5.41, 5.74) is 6.72. The van der Waals surface area contributed by atoms with E-state index in [1.165, 1.54) is 5.56 Å². The molecular formula is C19H26N4O3. The maximum absolute atomic E-state index is 5.52. The standard InChI is InChI=1S/C19H26N4O3/c1-3-14(15-7-8-16-17(10-15)25-12-24-16)11-19-22-18(23-26-19)6-4-5-9-21-13(2)20/h7-8,10,14H,3-6,9,11-12H2,1-2H3,(H2,20,21). The predicted molar refractivity (Wildman–Crippen MR) is 98.7 cm³/mol. The largest absolute Gasteiger partial charge is 0.454 e. The van der Waals surface area contributed by atoms with Crippen LogP contribution in [-0.2, 0) is 12.8 Å². The third-order valence-corrected chi connectivity index (χ3v) is 4.46. The molecule has 26 heavy (non-hydrogen) atoms. The van der Waals surface area contributed by atoms with Crippen LogP contribution in [0.3, 0.4) is 0 Å². The van der Waals surface area contributed by atoms with Crippen molar-refractivity contribution >= 4 is 5.84 Å². The van der Waals surface area contributed by atoms with Crippen molar-refractivity contribution in [1.29, 1.82) is 0 Å². The Kier molecular flexibility index (Phi) is 6.09. The summed E-state index contributed by atoms with van der Waals surface area (Å²) in [7, 11) is 0. The van der Waals surface area contributed by atoms with Crippen LogP contribution in [0.15, 0.2) is 27.7 Å². The third kappa shape index (κ3) is 4.74. The Labute approximate surface area is 153 Å². The van der Waals surface area contributed by atoms with Crippen LogP contribution in [0.1, 0.15) is 56.3 Å². The molecule has 0 aliphatic carbocycles. The fourth-order valence-corrected chi connectivity index (χ4v) is 3.00. The van der Waals surface area contributed by atoms with E-state index in [0.29, 0.717) is 24.4 Å². The first-order valence-electron chi connectivity index (χ1n) is 9.13. The highest BCUT2D eigenvalue weighted by atomic mass is 16.7. The van der Waals surface area contributed by atoms with Gasteiger partial charge in [-0.05, 0) is 49.8 Å². The normalized spacial score (nSPS) is 14.6. The number of hydrogen-bond acceptors (Lipinski definition) is 6. The second kappa shape index (κ2) is 8.69. The summed E-state index contributed by atoms with van der Waals surface area (Å²) >= 11 is 0. The average molecular weight is 358 g/mol. The van der Waals surface area contributed by atoms with E-state index >= 15 is 0 Å². The number of nitrogens with zero attached hydrogens (tertiary/aromatic N) is 3. The monoisotopic (exact) mass is 358 g/mol. The molecule has 2 heterocycles. The van der Waals surface area contributed by atoms with Gasteiger partial charge in [0.15, 0.2) is 17.3 Å². The Bertz CT molecular complexity index is 753. The molecule has 0 radical (unpaired) electrons. The topological polar surface area (TPSA) is 95.8 Å². The van der Waals surface area contributed by atoms with Gasteiger partial charge in [-0.1, -0.05) is 18.1 Å². The smallest absolute Gasteiger partial charge is 0.231 e. The lowest BCUT2D eigenvalue weighted by atomic mass is 9.93. The molecule has 1 aliphatic rings. The van der Waals surface area contributed by atoms with E-state index in [1.807, 2.05) is 12.1 Å². The molecule has 1 aromatic carbocycles. The molecule has 7 nitrogen and oxygen atoms in total. The Morgan fingerprint density at radius 3 is 2.92 bits per heavy atom. The van der Waals surface area contributed by atoms with Crippen molar-refractivity contribution in [1.82, 2.24) is 10.1 Å². The van der Waals surface area contributed by atoms with Crippen LogP contribution < -0.4 is 15.2 Å². The summed E-state index contributed by atoms with van der Waals surface area (Å²) in [5, 5.41) is 4.10. The van der Waals surface area contributed by atoms with Crippen LogP contribution in [0.5, 0.6) is 11.5 Å². The number of unbranched alkanes of at least 4 members (excludes halogenated alkanes) is 1. The Morgan fingerprint density at radius 1 is 1.27 bits per heavy atom. The Morgan fingerprint density at radius 2 is 2.12 bits per heavy atom. The summed E-state index contributed by atoms with van der Waals surface area (Å²) in [4.78, 5) is 8.72. The maximum atomic E-state index is 5.52. The molecule has 0 saturated carbocycles. The number of nitrogens with two attached hydrogens (primary N) is 1. The molecule has 0 bridgehead atoms. The summed E-state index contributed by atoms with van der Waals surface area (Å²) in [6.45, 7) is 5.00. The lowest BCUT2D eigenvalue weighted by Crippen LogP contribution is -2.06. The van der Waals surface area contributed by atoms with Crippen molar-refractivity contribution in [2.45, 2.75) is 51.9 Å². The molecule has 2 N–H and O–H groups in total. The van der Waals surface area contributed by atoms with E-state index in [4.69, 9.17) is 19.7 Å². The molecule has 1 unspecified atom stereocenters. The summed E-state index contributed by atoms with van der Waals surface area (Å²) < 4.78 is 16.3. The van der Waals surface area contributed by atoms with Gasteiger partial charge in [0.1, 0.15) is 0 Å². The molecule has 0 amide bonds. The zero-order chi connectivity index (χ0) is 18.4. The van der Waals surface area contributed by atoms with Gasteiger partial charge in [0.2, 0.25) is 12.7 Å². The van der Waals surface area contributed by atoms with Gasteiger partial charge in [0.05, 0.1) is 5.84 Å².